The molecule has 2 bridgehead atoms. The molecule has 1 aromatic heterocycles. The van der Waals surface area contributed by atoms with E-state index in [2.05, 4.69) is 35.0 Å². The molecule has 0 unspecified atom stereocenters. The first-order valence-corrected chi connectivity index (χ1v) is 8.92. The Balaban J connectivity index is 1.54. The van der Waals surface area contributed by atoms with E-state index in [1.54, 1.807) is 0 Å². The van der Waals surface area contributed by atoms with Crippen molar-refractivity contribution in [2.45, 2.75) is 58.2 Å². The Morgan fingerprint density at radius 3 is 2.88 bits per heavy atom. The second-order valence-electron chi connectivity index (χ2n) is 7.32. The lowest BCUT2D eigenvalue weighted by Crippen LogP contribution is -2.39. The minimum atomic E-state index is 0.0573. The van der Waals surface area contributed by atoms with E-state index in [1.165, 1.54) is 6.42 Å². The summed E-state index contributed by atoms with van der Waals surface area (Å²) in [6, 6.07) is 9.07. The van der Waals surface area contributed by atoms with E-state index in [0.717, 1.165) is 30.4 Å². The molecule has 128 valence electrons. The van der Waals surface area contributed by atoms with Gasteiger partial charge in [0.1, 0.15) is 0 Å². The maximum Gasteiger partial charge on any atom is 0.241 e. The summed E-state index contributed by atoms with van der Waals surface area (Å²) >= 11 is 0. The monoisotopic (exact) mass is 327 g/mol. The number of aryl methyl sites for hydroxylation is 1. The summed E-state index contributed by atoms with van der Waals surface area (Å²) in [6.07, 6.45) is 4.49. The van der Waals surface area contributed by atoms with E-state index in [0.29, 0.717) is 30.3 Å². The van der Waals surface area contributed by atoms with Gasteiger partial charge in [-0.3, -0.25) is 4.90 Å². The first-order valence-electron chi connectivity index (χ1n) is 8.92. The smallest absolute Gasteiger partial charge is 0.241 e. The summed E-state index contributed by atoms with van der Waals surface area (Å²) in [4.78, 5) is 7.10. The van der Waals surface area contributed by atoms with Crippen LogP contribution < -0.4 is 0 Å². The summed E-state index contributed by atoms with van der Waals surface area (Å²) in [5, 5.41) is 14.1. The van der Waals surface area contributed by atoms with Crippen LogP contribution in [0, 0.1) is 12.3 Å². The van der Waals surface area contributed by atoms with Gasteiger partial charge in [-0.25, -0.2) is 0 Å². The number of nitrogens with zero attached hydrogens (tertiary/aromatic N) is 3. The molecule has 1 aromatic carbocycles. The molecule has 1 N–H and O–H groups in total. The number of aliphatic hydroxyl groups is 1. The van der Waals surface area contributed by atoms with Gasteiger partial charge < -0.3 is 9.63 Å². The highest BCUT2D eigenvalue weighted by atomic mass is 16.5. The van der Waals surface area contributed by atoms with Gasteiger partial charge in [0, 0.05) is 23.1 Å². The molecule has 2 aliphatic rings. The van der Waals surface area contributed by atoms with Crippen LogP contribution in [0.25, 0.3) is 11.4 Å². The number of hydrogen-bond donors (Lipinski definition) is 1. The Bertz CT molecular complexity index is 723. The average Bonchev–Trinajstić information content (AvgIpc) is 3.30. The molecule has 2 saturated heterocycles. The van der Waals surface area contributed by atoms with Crippen molar-refractivity contribution in [3.05, 3.63) is 35.7 Å². The van der Waals surface area contributed by atoms with Crippen molar-refractivity contribution in [3.63, 3.8) is 0 Å². The quantitative estimate of drug-likeness (QED) is 0.914. The van der Waals surface area contributed by atoms with Gasteiger partial charge in [0.05, 0.1) is 13.2 Å². The van der Waals surface area contributed by atoms with Crippen molar-refractivity contribution in [3.8, 4) is 11.4 Å². The molecule has 5 nitrogen and oxygen atoms in total. The van der Waals surface area contributed by atoms with Crippen molar-refractivity contribution in [2.24, 2.45) is 5.41 Å². The first kappa shape index (κ1) is 15.8. The van der Waals surface area contributed by atoms with Gasteiger partial charge in [-0.2, -0.15) is 4.98 Å². The van der Waals surface area contributed by atoms with E-state index in [-0.39, 0.29) is 12.0 Å². The number of benzene rings is 1. The van der Waals surface area contributed by atoms with Gasteiger partial charge in [0.2, 0.25) is 11.7 Å². The van der Waals surface area contributed by atoms with Crippen molar-refractivity contribution in [2.75, 3.05) is 6.61 Å². The standard InChI is InChI=1S/C19H25N3O2/c1-3-19(12-23)10-14-8-9-16(19)22(14)11-17-20-18(21-24-17)15-7-5-4-6-13(15)2/h4-7,14,16,23H,3,8-12H2,1-2H3/t14-,16+,19-/m1/s1. The van der Waals surface area contributed by atoms with E-state index in [4.69, 9.17) is 4.52 Å². The molecule has 0 amide bonds. The molecule has 5 heteroatoms. The second-order valence-corrected chi connectivity index (χ2v) is 7.32. The molecule has 3 heterocycles. The van der Waals surface area contributed by atoms with E-state index >= 15 is 0 Å². The number of aliphatic hydroxyl groups excluding tert-OH is 1. The van der Waals surface area contributed by atoms with Crippen LogP contribution >= 0.6 is 0 Å². The topological polar surface area (TPSA) is 62.4 Å². The summed E-state index contributed by atoms with van der Waals surface area (Å²) in [6.45, 7) is 5.22. The van der Waals surface area contributed by atoms with Gasteiger partial charge in [-0.05, 0) is 38.2 Å². The summed E-state index contributed by atoms with van der Waals surface area (Å²) in [7, 11) is 0. The number of aromatic nitrogens is 2. The predicted octanol–water partition coefficient (Wildman–Crippen LogP) is 3.17. The number of hydrogen-bond acceptors (Lipinski definition) is 5. The zero-order valence-electron chi connectivity index (χ0n) is 14.4. The van der Waals surface area contributed by atoms with Crippen LogP contribution in [0.1, 0.15) is 44.1 Å². The highest BCUT2D eigenvalue weighted by Crippen LogP contribution is 2.51. The summed E-state index contributed by atoms with van der Waals surface area (Å²) in [5.74, 6) is 1.34. The van der Waals surface area contributed by atoms with Crippen LogP contribution in [0.4, 0.5) is 0 Å². The van der Waals surface area contributed by atoms with Gasteiger partial charge >= 0.3 is 0 Å². The summed E-state index contributed by atoms with van der Waals surface area (Å²) in [5.41, 5.74) is 2.23. The van der Waals surface area contributed by atoms with Crippen LogP contribution in [0.5, 0.6) is 0 Å². The Morgan fingerprint density at radius 1 is 1.33 bits per heavy atom. The first-order chi connectivity index (χ1) is 11.7. The normalized spacial score (nSPS) is 29.5. The largest absolute Gasteiger partial charge is 0.396 e. The molecule has 0 saturated carbocycles. The predicted molar refractivity (Wildman–Crippen MR) is 91.3 cm³/mol. The molecule has 0 spiro atoms. The van der Waals surface area contributed by atoms with E-state index in [9.17, 15) is 5.11 Å². The highest BCUT2D eigenvalue weighted by molar-refractivity contribution is 5.58. The van der Waals surface area contributed by atoms with Gasteiger partial charge in [-0.15, -0.1) is 0 Å². The van der Waals surface area contributed by atoms with Crippen molar-refractivity contribution >= 4 is 0 Å². The van der Waals surface area contributed by atoms with Crippen LogP contribution in [-0.2, 0) is 6.54 Å². The molecular formula is C19H25N3O2. The van der Waals surface area contributed by atoms with Crippen molar-refractivity contribution in [1.82, 2.24) is 15.0 Å². The molecular weight excluding hydrogens is 302 g/mol. The minimum absolute atomic E-state index is 0.0573. The van der Waals surface area contributed by atoms with Gasteiger partial charge in [-0.1, -0.05) is 36.3 Å². The Labute approximate surface area is 142 Å². The van der Waals surface area contributed by atoms with Gasteiger partial charge in [0.15, 0.2) is 0 Å². The van der Waals surface area contributed by atoms with Crippen molar-refractivity contribution in [1.29, 1.82) is 0 Å². The lowest BCUT2D eigenvalue weighted by Gasteiger charge is -2.35. The lowest BCUT2D eigenvalue weighted by molar-refractivity contribution is 0.0688. The number of rotatable bonds is 5. The van der Waals surface area contributed by atoms with Crippen LogP contribution in [0.15, 0.2) is 28.8 Å². The van der Waals surface area contributed by atoms with Gasteiger partial charge in [0.25, 0.3) is 0 Å². The van der Waals surface area contributed by atoms with Crippen LogP contribution in [0.3, 0.4) is 0 Å². The second kappa shape index (κ2) is 5.97. The van der Waals surface area contributed by atoms with E-state index in [1.807, 2.05) is 18.2 Å². The Hall–Kier alpha value is -1.72. The Morgan fingerprint density at radius 2 is 2.17 bits per heavy atom. The maximum absolute atomic E-state index is 9.93. The Kier molecular flexibility index (Phi) is 3.93. The zero-order chi connectivity index (χ0) is 16.7. The maximum atomic E-state index is 9.93. The highest BCUT2D eigenvalue weighted by Gasteiger charge is 2.54. The third-order valence-electron chi connectivity index (χ3n) is 6.18. The molecule has 4 rings (SSSR count). The van der Waals surface area contributed by atoms with Crippen molar-refractivity contribution < 1.29 is 9.63 Å². The fourth-order valence-electron chi connectivity index (χ4n) is 4.73. The van der Waals surface area contributed by atoms with Crippen LogP contribution in [0.2, 0.25) is 0 Å². The molecule has 0 radical (unpaired) electrons. The molecule has 2 fully saturated rings. The molecule has 2 aromatic rings. The molecule has 0 aliphatic carbocycles. The lowest BCUT2D eigenvalue weighted by atomic mass is 9.72. The molecule has 3 atom stereocenters. The van der Waals surface area contributed by atoms with Crippen LogP contribution in [-0.4, -0.2) is 38.8 Å². The fraction of sp³-hybridized carbons (Fsp3) is 0.579. The zero-order valence-corrected chi connectivity index (χ0v) is 14.4. The average molecular weight is 327 g/mol. The third-order valence-corrected chi connectivity index (χ3v) is 6.18. The summed E-state index contributed by atoms with van der Waals surface area (Å²) < 4.78 is 5.53. The molecule has 2 aliphatic heterocycles. The fourth-order valence-corrected chi connectivity index (χ4v) is 4.73. The minimum Gasteiger partial charge on any atom is -0.396 e. The number of fused-ring (bicyclic) bond motifs is 2. The molecule has 24 heavy (non-hydrogen) atoms. The SMILES string of the molecule is CC[C@]1(CO)C[C@H]2CC[C@@H]1N2Cc1nc(-c2ccccc2C)no1. The third kappa shape index (κ3) is 2.38. The van der Waals surface area contributed by atoms with E-state index < -0.39 is 0 Å².